The Morgan fingerprint density at radius 3 is 2.45 bits per heavy atom. The van der Waals surface area contributed by atoms with Crippen LogP contribution in [0.1, 0.15) is 70.2 Å². The van der Waals surface area contributed by atoms with Crippen molar-refractivity contribution in [2.75, 3.05) is 36.4 Å². The summed E-state index contributed by atoms with van der Waals surface area (Å²) in [5.41, 5.74) is 2.22. The number of amides is 3. The zero-order valence-corrected chi connectivity index (χ0v) is 24.1. The van der Waals surface area contributed by atoms with Crippen LogP contribution >= 0.6 is 11.3 Å². The Kier molecular flexibility index (Phi) is 9.48. The van der Waals surface area contributed by atoms with Gasteiger partial charge in [-0.15, -0.1) is 11.3 Å². The molecule has 42 heavy (non-hydrogen) atoms. The third-order valence-corrected chi connectivity index (χ3v) is 8.76. The zero-order chi connectivity index (χ0) is 29.5. The number of carboxylic acid groups (broad SMARTS) is 1. The fourth-order valence-corrected chi connectivity index (χ4v) is 6.30. The minimum absolute atomic E-state index is 0.0204. The highest BCUT2D eigenvalue weighted by Crippen LogP contribution is 2.32. The average Bonchev–Trinajstić information content (AvgIpc) is 3.56. The van der Waals surface area contributed by atoms with Gasteiger partial charge in [-0.3, -0.25) is 24.2 Å². The predicted octanol–water partition coefficient (Wildman–Crippen LogP) is 4.57. The van der Waals surface area contributed by atoms with E-state index in [1.165, 1.54) is 17.5 Å². The van der Waals surface area contributed by atoms with Crippen LogP contribution in [0, 0.1) is 5.92 Å². The molecule has 1 aliphatic carbocycles. The lowest BCUT2D eigenvalue weighted by Crippen LogP contribution is -2.48. The summed E-state index contributed by atoms with van der Waals surface area (Å²) < 4.78 is 0. The molecule has 5 rings (SSSR count). The second-order valence-corrected chi connectivity index (χ2v) is 11.7. The molecule has 3 amide bonds. The molecule has 11 heteroatoms. The number of hydrogen-bond donors (Lipinski definition) is 3. The summed E-state index contributed by atoms with van der Waals surface area (Å²) in [4.78, 5) is 59.8. The molecule has 0 radical (unpaired) electrons. The number of rotatable bonds is 9. The molecule has 0 bridgehead atoms. The summed E-state index contributed by atoms with van der Waals surface area (Å²) >= 11 is 1.43. The van der Waals surface area contributed by atoms with Gasteiger partial charge in [0.15, 0.2) is 0 Å². The Labute approximate surface area is 248 Å². The first-order chi connectivity index (χ1) is 20.4. The number of carbonyl (C=O) groups is 4. The second-order valence-electron chi connectivity index (χ2n) is 10.7. The number of nitrogens with one attached hydrogen (secondary N) is 2. The number of benzene rings is 1. The zero-order valence-electron chi connectivity index (χ0n) is 23.3. The molecule has 1 unspecified atom stereocenters. The highest BCUT2D eigenvalue weighted by Gasteiger charge is 2.27. The molecule has 1 aliphatic heterocycles. The largest absolute Gasteiger partial charge is 0.481 e. The third kappa shape index (κ3) is 7.14. The van der Waals surface area contributed by atoms with Crippen LogP contribution in [0.4, 0.5) is 11.4 Å². The van der Waals surface area contributed by atoms with Gasteiger partial charge >= 0.3 is 5.97 Å². The SMILES string of the molecule is O=C(O)CC(NC(=O)c1ccc(N2CCN(C(=O)c3cccs3)CC2)c(NC(=O)C2CCCCC2)c1)c1cccnc1. The highest BCUT2D eigenvalue weighted by molar-refractivity contribution is 7.12. The van der Waals surface area contributed by atoms with E-state index in [2.05, 4.69) is 20.5 Å². The van der Waals surface area contributed by atoms with Crippen molar-refractivity contribution in [2.45, 2.75) is 44.6 Å². The van der Waals surface area contributed by atoms with Crippen LogP contribution in [-0.2, 0) is 9.59 Å². The van der Waals surface area contributed by atoms with Gasteiger partial charge in [-0.2, -0.15) is 0 Å². The second kappa shape index (κ2) is 13.6. The third-order valence-electron chi connectivity index (χ3n) is 7.90. The fraction of sp³-hybridized carbons (Fsp3) is 0.387. The van der Waals surface area contributed by atoms with E-state index in [-0.39, 0.29) is 24.2 Å². The quantitative estimate of drug-likeness (QED) is 0.333. The summed E-state index contributed by atoms with van der Waals surface area (Å²) in [5.74, 6) is -1.60. The molecule has 1 saturated carbocycles. The van der Waals surface area contributed by atoms with E-state index in [1.807, 2.05) is 28.5 Å². The van der Waals surface area contributed by atoms with E-state index >= 15 is 0 Å². The van der Waals surface area contributed by atoms with Crippen molar-refractivity contribution in [3.05, 3.63) is 76.2 Å². The van der Waals surface area contributed by atoms with Crippen molar-refractivity contribution in [2.24, 2.45) is 5.92 Å². The number of aromatic nitrogens is 1. The maximum atomic E-state index is 13.4. The lowest BCUT2D eigenvalue weighted by Gasteiger charge is -2.37. The van der Waals surface area contributed by atoms with Crippen molar-refractivity contribution >= 4 is 46.4 Å². The van der Waals surface area contributed by atoms with Gasteiger partial charge < -0.3 is 25.5 Å². The number of aliphatic carboxylic acids is 1. The Morgan fingerprint density at radius 2 is 1.79 bits per heavy atom. The molecule has 1 saturated heterocycles. The first kappa shape index (κ1) is 29.2. The van der Waals surface area contributed by atoms with E-state index in [4.69, 9.17) is 0 Å². The van der Waals surface area contributed by atoms with Crippen molar-refractivity contribution < 1.29 is 24.3 Å². The summed E-state index contributed by atoms with van der Waals surface area (Å²) in [6.07, 6.45) is 7.68. The van der Waals surface area contributed by atoms with Gasteiger partial charge in [-0.05, 0) is 54.1 Å². The molecule has 10 nitrogen and oxygen atoms in total. The molecular weight excluding hydrogens is 554 g/mol. The summed E-state index contributed by atoms with van der Waals surface area (Å²) in [6, 6.07) is 11.5. The Hall–Kier alpha value is -4.25. The van der Waals surface area contributed by atoms with E-state index in [9.17, 15) is 24.3 Å². The minimum Gasteiger partial charge on any atom is -0.481 e. The normalized spacial score (nSPS) is 16.5. The number of nitrogens with zero attached hydrogens (tertiary/aromatic N) is 3. The molecule has 2 aromatic heterocycles. The van der Waals surface area contributed by atoms with Crippen LogP contribution in [0.2, 0.25) is 0 Å². The van der Waals surface area contributed by atoms with Gasteiger partial charge in [-0.1, -0.05) is 31.4 Å². The van der Waals surface area contributed by atoms with E-state index in [1.54, 1.807) is 30.5 Å². The Morgan fingerprint density at radius 1 is 1.00 bits per heavy atom. The van der Waals surface area contributed by atoms with Crippen LogP contribution in [0.25, 0.3) is 0 Å². The number of pyridine rings is 1. The van der Waals surface area contributed by atoms with Crippen LogP contribution in [-0.4, -0.2) is 64.9 Å². The minimum atomic E-state index is -1.04. The molecule has 0 spiro atoms. The predicted molar refractivity (Wildman–Crippen MR) is 161 cm³/mol. The summed E-state index contributed by atoms with van der Waals surface area (Å²) in [5, 5.41) is 17.3. The first-order valence-electron chi connectivity index (χ1n) is 14.3. The van der Waals surface area contributed by atoms with Gasteiger partial charge in [-0.25, -0.2) is 0 Å². The van der Waals surface area contributed by atoms with Crippen molar-refractivity contribution in [1.82, 2.24) is 15.2 Å². The lowest BCUT2D eigenvalue weighted by molar-refractivity contribution is -0.137. The monoisotopic (exact) mass is 589 g/mol. The molecule has 1 atom stereocenters. The standard InChI is InChI=1S/C31H35N5O5S/c37-28(38)19-24(23-8-4-12-32-20-23)33-30(40)22-10-11-26(25(18-22)34-29(39)21-6-2-1-3-7-21)35-13-15-36(16-14-35)31(41)27-9-5-17-42-27/h4-5,8-12,17-18,20-21,24H,1-3,6-7,13-16,19H2,(H,33,40)(H,34,39)(H,37,38). The van der Waals surface area contributed by atoms with E-state index in [0.29, 0.717) is 47.9 Å². The maximum absolute atomic E-state index is 13.4. The van der Waals surface area contributed by atoms with Crippen molar-refractivity contribution in [1.29, 1.82) is 0 Å². The van der Waals surface area contributed by atoms with E-state index in [0.717, 1.165) is 37.8 Å². The molecule has 2 aliphatic rings. The van der Waals surface area contributed by atoms with Crippen LogP contribution < -0.4 is 15.5 Å². The van der Waals surface area contributed by atoms with Crippen LogP contribution in [0.15, 0.2) is 60.2 Å². The van der Waals surface area contributed by atoms with Gasteiger partial charge in [0.2, 0.25) is 5.91 Å². The number of anilines is 2. The number of thiophene rings is 1. The Bertz CT molecular complexity index is 1400. The van der Waals surface area contributed by atoms with Crippen LogP contribution in [0.5, 0.6) is 0 Å². The van der Waals surface area contributed by atoms with Gasteiger partial charge in [0.05, 0.1) is 28.7 Å². The number of hydrogen-bond acceptors (Lipinski definition) is 7. The van der Waals surface area contributed by atoms with Gasteiger partial charge in [0.25, 0.3) is 11.8 Å². The maximum Gasteiger partial charge on any atom is 0.305 e. The average molecular weight is 590 g/mol. The first-order valence-corrected chi connectivity index (χ1v) is 15.2. The molecule has 1 aromatic carbocycles. The molecule has 220 valence electrons. The molecule has 2 fully saturated rings. The summed E-state index contributed by atoms with van der Waals surface area (Å²) in [6.45, 7) is 2.24. The molecule has 3 N–H and O–H groups in total. The van der Waals surface area contributed by atoms with Crippen molar-refractivity contribution in [3.63, 3.8) is 0 Å². The van der Waals surface area contributed by atoms with Gasteiger partial charge in [0.1, 0.15) is 0 Å². The Balaban J connectivity index is 1.36. The van der Waals surface area contributed by atoms with Gasteiger partial charge in [0, 0.05) is 50.1 Å². The molecule has 3 heterocycles. The topological polar surface area (TPSA) is 132 Å². The highest BCUT2D eigenvalue weighted by atomic mass is 32.1. The number of carboxylic acids is 1. The smallest absolute Gasteiger partial charge is 0.305 e. The lowest BCUT2D eigenvalue weighted by atomic mass is 9.88. The molecule has 3 aromatic rings. The van der Waals surface area contributed by atoms with E-state index < -0.39 is 17.9 Å². The van der Waals surface area contributed by atoms with Crippen LogP contribution in [0.3, 0.4) is 0 Å². The summed E-state index contributed by atoms with van der Waals surface area (Å²) in [7, 11) is 0. The fourth-order valence-electron chi connectivity index (χ4n) is 5.61. The molecular formula is C31H35N5O5S. The van der Waals surface area contributed by atoms with Crippen molar-refractivity contribution in [3.8, 4) is 0 Å². The number of carbonyl (C=O) groups excluding carboxylic acids is 3. The number of piperazine rings is 1.